The second-order valence-corrected chi connectivity index (χ2v) is 11.7. The fourth-order valence-electron chi connectivity index (χ4n) is 5.92. The Morgan fingerprint density at radius 1 is 0.707 bits per heavy atom. The third kappa shape index (κ3) is 13.1. The predicted molar refractivity (Wildman–Crippen MR) is 158 cm³/mol. The molecule has 0 spiro atoms. The average Bonchev–Trinajstić information content (AvgIpc) is 3.63. The highest BCUT2D eigenvalue weighted by atomic mass is 16.2. The van der Waals surface area contributed by atoms with E-state index in [0.29, 0.717) is 57.5 Å². The molecule has 2 fully saturated rings. The van der Waals surface area contributed by atoms with E-state index in [2.05, 4.69) is 21.3 Å². The lowest BCUT2D eigenvalue weighted by atomic mass is 9.96. The van der Waals surface area contributed by atoms with Crippen molar-refractivity contribution >= 4 is 29.6 Å². The van der Waals surface area contributed by atoms with Gasteiger partial charge in [-0.2, -0.15) is 0 Å². The summed E-state index contributed by atoms with van der Waals surface area (Å²) in [7, 11) is 0. The molecule has 13 nitrogen and oxygen atoms in total. The zero-order valence-corrected chi connectivity index (χ0v) is 24.4. The Kier molecular flexibility index (Phi) is 15.5. The summed E-state index contributed by atoms with van der Waals surface area (Å²) < 4.78 is 0. The summed E-state index contributed by atoms with van der Waals surface area (Å²) in [6.07, 6.45) is 11.8. The summed E-state index contributed by atoms with van der Waals surface area (Å²) in [5.41, 5.74) is 22.7. The van der Waals surface area contributed by atoms with Gasteiger partial charge in [0, 0.05) is 6.54 Å². The largest absolute Gasteiger partial charge is 0.370 e. The second kappa shape index (κ2) is 18.5. The predicted octanol–water partition coefficient (Wildman–Crippen LogP) is -0.194. The SMILES string of the molecule is N=C(N)NCCC[C@@H](NC(=O)[C@@H](N)CC1CCCC1)C(=O)N[C@@H](CC1CCCC1)C(=O)N[C@@H](CCCCN)C(N)=O. The van der Waals surface area contributed by atoms with E-state index >= 15 is 0 Å². The van der Waals surface area contributed by atoms with Gasteiger partial charge in [-0.15, -0.1) is 0 Å². The molecule has 0 radical (unpaired) electrons. The van der Waals surface area contributed by atoms with Crippen molar-refractivity contribution in [3.8, 4) is 0 Å². The molecule has 2 rings (SSSR count). The summed E-state index contributed by atoms with van der Waals surface area (Å²) in [5.74, 6) is -1.51. The first-order chi connectivity index (χ1) is 19.6. The lowest BCUT2D eigenvalue weighted by molar-refractivity contribution is -0.134. The van der Waals surface area contributed by atoms with E-state index in [4.69, 9.17) is 28.3 Å². The lowest BCUT2D eigenvalue weighted by Crippen LogP contribution is -2.58. The molecule has 0 aliphatic heterocycles. The van der Waals surface area contributed by atoms with Crippen LogP contribution >= 0.6 is 0 Å². The van der Waals surface area contributed by atoms with Crippen LogP contribution in [0.3, 0.4) is 0 Å². The molecule has 2 aliphatic rings. The molecule has 4 amide bonds. The molecule has 0 heterocycles. The Morgan fingerprint density at radius 2 is 1.22 bits per heavy atom. The van der Waals surface area contributed by atoms with Gasteiger partial charge in [0.1, 0.15) is 18.1 Å². The maximum atomic E-state index is 13.6. The van der Waals surface area contributed by atoms with Gasteiger partial charge in [0.25, 0.3) is 0 Å². The normalized spacial score (nSPS) is 18.7. The number of amides is 4. The van der Waals surface area contributed by atoms with Crippen molar-refractivity contribution in [3.63, 3.8) is 0 Å². The van der Waals surface area contributed by atoms with E-state index in [0.717, 1.165) is 51.4 Å². The van der Waals surface area contributed by atoms with Gasteiger partial charge in [-0.05, 0) is 63.3 Å². The van der Waals surface area contributed by atoms with E-state index in [1.54, 1.807) is 0 Å². The Labute approximate surface area is 243 Å². The molecule has 0 saturated heterocycles. The number of guanidine groups is 1. The third-order valence-electron chi connectivity index (χ3n) is 8.30. The van der Waals surface area contributed by atoms with E-state index in [1.807, 2.05) is 0 Å². The fraction of sp³-hybridized carbons (Fsp3) is 0.821. The molecule has 0 unspecified atom stereocenters. The molecular formula is C28H53N9O4. The maximum absolute atomic E-state index is 13.6. The lowest BCUT2D eigenvalue weighted by Gasteiger charge is -2.27. The molecule has 13 heteroatoms. The van der Waals surface area contributed by atoms with Crippen LogP contribution in [0.15, 0.2) is 0 Å². The van der Waals surface area contributed by atoms with Crippen molar-refractivity contribution in [1.82, 2.24) is 21.3 Å². The van der Waals surface area contributed by atoms with Crippen molar-refractivity contribution in [1.29, 1.82) is 5.41 Å². The van der Waals surface area contributed by atoms with Crippen LogP contribution in [0.25, 0.3) is 0 Å². The highest BCUT2D eigenvalue weighted by Crippen LogP contribution is 2.29. The van der Waals surface area contributed by atoms with E-state index in [1.165, 1.54) is 0 Å². The highest BCUT2D eigenvalue weighted by molar-refractivity contribution is 5.94. The van der Waals surface area contributed by atoms with Crippen molar-refractivity contribution in [2.24, 2.45) is 34.8 Å². The third-order valence-corrected chi connectivity index (χ3v) is 8.30. The minimum absolute atomic E-state index is 0.183. The van der Waals surface area contributed by atoms with Gasteiger partial charge in [-0.25, -0.2) is 0 Å². The fourth-order valence-corrected chi connectivity index (χ4v) is 5.92. The average molecular weight is 580 g/mol. The molecule has 0 bridgehead atoms. The number of unbranched alkanes of at least 4 members (excludes halogenated alkanes) is 1. The number of hydrogen-bond acceptors (Lipinski definition) is 7. The first kappa shape index (κ1) is 34.3. The van der Waals surface area contributed by atoms with Crippen LogP contribution in [0.4, 0.5) is 0 Å². The Morgan fingerprint density at radius 3 is 1.78 bits per heavy atom. The van der Waals surface area contributed by atoms with E-state index in [-0.39, 0.29) is 18.3 Å². The first-order valence-electron chi connectivity index (χ1n) is 15.3. The van der Waals surface area contributed by atoms with E-state index in [9.17, 15) is 19.2 Å². The second-order valence-electron chi connectivity index (χ2n) is 11.7. The Balaban J connectivity index is 2.11. The standard InChI is InChI=1S/C28H53N9O4/c29-14-6-5-12-21(24(31)38)35-27(41)23(17-19-10-3-4-11-19)37-26(40)22(13-7-15-34-28(32)33)36-25(39)20(30)16-18-8-1-2-9-18/h18-23H,1-17,29-30H2,(H2,31,38)(H,35,41)(H,36,39)(H,37,40)(H4,32,33,34)/t20-,21-,22+,23-/m0/s1. The number of rotatable bonds is 19. The van der Waals surface area contributed by atoms with Crippen LogP contribution in [0.1, 0.15) is 96.3 Å². The monoisotopic (exact) mass is 579 g/mol. The van der Waals surface area contributed by atoms with Gasteiger partial charge in [0.2, 0.25) is 23.6 Å². The molecule has 0 aromatic carbocycles. The summed E-state index contributed by atoms with van der Waals surface area (Å²) in [4.78, 5) is 52.0. The van der Waals surface area contributed by atoms with E-state index < -0.39 is 47.8 Å². The van der Waals surface area contributed by atoms with Crippen LogP contribution in [0, 0.1) is 17.2 Å². The molecule has 13 N–H and O–H groups in total. The van der Waals surface area contributed by atoms with Crippen molar-refractivity contribution in [2.75, 3.05) is 13.1 Å². The van der Waals surface area contributed by atoms with Crippen LogP contribution in [0.2, 0.25) is 0 Å². The van der Waals surface area contributed by atoms with Gasteiger partial charge < -0.3 is 44.2 Å². The van der Waals surface area contributed by atoms with Crippen molar-refractivity contribution in [3.05, 3.63) is 0 Å². The van der Waals surface area contributed by atoms with Crippen LogP contribution in [-0.4, -0.2) is 66.8 Å². The zero-order valence-electron chi connectivity index (χ0n) is 24.4. The van der Waals surface area contributed by atoms with Crippen molar-refractivity contribution < 1.29 is 19.2 Å². The molecule has 0 aromatic rings. The molecular weight excluding hydrogens is 526 g/mol. The minimum atomic E-state index is -0.929. The molecule has 0 aromatic heterocycles. The zero-order chi connectivity index (χ0) is 30.2. The number of nitrogens with two attached hydrogens (primary N) is 4. The molecule has 2 aliphatic carbocycles. The topological polar surface area (TPSA) is 244 Å². The number of nitrogens with one attached hydrogen (secondary N) is 5. The summed E-state index contributed by atoms with van der Waals surface area (Å²) in [5, 5.41) is 18.4. The smallest absolute Gasteiger partial charge is 0.243 e. The van der Waals surface area contributed by atoms with Crippen molar-refractivity contribution in [2.45, 2.75) is 120 Å². The minimum Gasteiger partial charge on any atom is -0.370 e. The molecule has 41 heavy (non-hydrogen) atoms. The van der Waals surface area contributed by atoms with Gasteiger partial charge in [-0.3, -0.25) is 24.6 Å². The maximum Gasteiger partial charge on any atom is 0.243 e. The van der Waals surface area contributed by atoms with Gasteiger partial charge in [-0.1, -0.05) is 51.4 Å². The summed E-state index contributed by atoms with van der Waals surface area (Å²) >= 11 is 0. The highest BCUT2D eigenvalue weighted by Gasteiger charge is 2.32. The van der Waals surface area contributed by atoms with Gasteiger partial charge in [0.05, 0.1) is 6.04 Å². The molecule has 234 valence electrons. The Bertz CT molecular complexity index is 860. The van der Waals surface area contributed by atoms with Crippen LogP contribution in [-0.2, 0) is 19.2 Å². The summed E-state index contributed by atoms with van der Waals surface area (Å²) in [6.45, 7) is 0.817. The van der Waals surface area contributed by atoms with Crippen LogP contribution < -0.4 is 44.2 Å². The number of primary amides is 1. The summed E-state index contributed by atoms with van der Waals surface area (Å²) in [6, 6.07) is -3.41. The first-order valence-corrected chi connectivity index (χ1v) is 15.3. The molecule has 2 saturated carbocycles. The number of hydrogen-bond donors (Lipinski definition) is 9. The number of carbonyl (C=O) groups is 4. The number of carbonyl (C=O) groups excluding carboxylic acids is 4. The van der Waals surface area contributed by atoms with Crippen LogP contribution in [0.5, 0.6) is 0 Å². The quantitative estimate of drug-likeness (QED) is 0.0562. The Hall–Kier alpha value is -2.93. The molecule has 4 atom stereocenters. The van der Waals surface area contributed by atoms with Gasteiger partial charge in [0.15, 0.2) is 5.96 Å². The van der Waals surface area contributed by atoms with Gasteiger partial charge >= 0.3 is 0 Å².